The van der Waals surface area contributed by atoms with Crippen LogP contribution in [-0.2, 0) is 6.42 Å². The average Bonchev–Trinajstić information content (AvgIpc) is 3.30. The Kier molecular flexibility index (Phi) is 4.80. The Morgan fingerprint density at radius 2 is 2.00 bits per heavy atom. The molecule has 0 aliphatic carbocycles. The molecule has 1 amide bonds. The van der Waals surface area contributed by atoms with Gasteiger partial charge in [0.25, 0.3) is 5.91 Å². The molecule has 0 spiro atoms. The molecule has 4 rings (SSSR count). The topological polar surface area (TPSA) is 61.0 Å². The molecule has 1 aromatic heterocycles. The van der Waals surface area contributed by atoms with E-state index in [1.54, 1.807) is 0 Å². The number of H-pyrrole nitrogens is 1. The molecule has 26 heavy (non-hydrogen) atoms. The standard InChI is InChI=1S/C20H21ClN4O/c21-14-7-8-16-17(13-14)24-19(23-16)9-10-22-20(26)15-5-1-2-6-18(15)25-11-3-4-12-25/h1-2,5-8,13H,3-4,9-12H2,(H,22,26)(H,23,24). The summed E-state index contributed by atoms with van der Waals surface area (Å²) in [7, 11) is 0. The largest absolute Gasteiger partial charge is 0.371 e. The quantitative estimate of drug-likeness (QED) is 0.720. The first kappa shape index (κ1) is 16.9. The van der Waals surface area contributed by atoms with Crippen LogP contribution in [0.4, 0.5) is 5.69 Å². The summed E-state index contributed by atoms with van der Waals surface area (Å²) in [4.78, 5) is 22.7. The fourth-order valence-corrected chi connectivity index (χ4v) is 3.61. The number of carbonyl (C=O) groups excluding carboxylic acids is 1. The third kappa shape index (κ3) is 3.53. The van der Waals surface area contributed by atoms with Crippen LogP contribution in [0.2, 0.25) is 5.02 Å². The van der Waals surface area contributed by atoms with E-state index in [1.807, 2.05) is 42.5 Å². The highest BCUT2D eigenvalue weighted by atomic mass is 35.5. The van der Waals surface area contributed by atoms with Gasteiger partial charge < -0.3 is 15.2 Å². The molecule has 1 saturated heterocycles. The highest BCUT2D eigenvalue weighted by Gasteiger charge is 2.18. The molecule has 0 saturated carbocycles. The number of rotatable bonds is 5. The SMILES string of the molecule is O=C(NCCc1nc2ccc(Cl)cc2[nH]1)c1ccccc1N1CCCC1. The number of aromatic nitrogens is 2. The first-order valence-electron chi connectivity index (χ1n) is 8.97. The number of hydrogen-bond acceptors (Lipinski definition) is 3. The van der Waals surface area contributed by atoms with Crippen LogP contribution in [0.3, 0.4) is 0 Å². The third-order valence-corrected chi connectivity index (χ3v) is 4.97. The van der Waals surface area contributed by atoms with E-state index in [-0.39, 0.29) is 5.91 Å². The zero-order valence-electron chi connectivity index (χ0n) is 14.5. The van der Waals surface area contributed by atoms with Gasteiger partial charge in [0.05, 0.1) is 16.6 Å². The van der Waals surface area contributed by atoms with Crippen LogP contribution in [0.5, 0.6) is 0 Å². The highest BCUT2D eigenvalue weighted by Crippen LogP contribution is 2.24. The number of amides is 1. The zero-order chi connectivity index (χ0) is 17.9. The molecule has 2 N–H and O–H groups in total. The van der Waals surface area contributed by atoms with Gasteiger partial charge in [-0.3, -0.25) is 4.79 Å². The van der Waals surface area contributed by atoms with Crippen LogP contribution in [-0.4, -0.2) is 35.5 Å². The predicted octanol–water partition coefficient (Wildman–Crippen LogP) is 3.79. The van der Waals surface area contributed by atoms with Crippen LogP contribution < -0.4 is 10.2 Å². The van der Waals surface area contributed by atoms with E-state index in [0.29, 0.717) is 18.0 Å². The lowest BCUT2D eigenvalue weighted by molar-refractivity contribution is 0.0954. The minimum Gasteiger partial charge on any atom is -0.371 e. The Bertz CT molecular complexity index is 930. The van der Waals surface area contributed by atoms with E-state index in [2.05, 4.69) is 20.2 Å². The van der Waals surface area contributed by atoms with Gasteiger partial charge in [0.15, 0.2) is 0 Å². The number of imidazole rings is 1. The lowest BCUT2D eigenvalue weighted by Gasteiger charge is -2.20. The maximum Gasteiger partial charge on any atom is 0.253 e. The maximum atomic E-state index is 12.6. The number of para-hydroxylation sites is 1. The van der Waals surface area contributed by atoms with E-state index in [9.17, 15) is 4.79 Å². The molecule has 0 unspecified atom stereocenters. The Balaban J connectivity index is 1.41. The molecule has 3 aromatic rings. The van der Waals surface area contributed by atoms with Gasteiger partial charge in [0.1, 0.15) is 5.82 Å². The van der Waals surface area contributed by atoms with Gasteiger partial charge in [-0.15, -0.1) is 0 Å². The molecule has 2 aromatic carbocycles. The molecular weight excluding hydrogens is 348 g/mol. The van der Waals surface area contributed by atoms with Gasteiger partial charge in [-0.25, -0.2) is 4.98 Å². The molecule has 134 valence electrons. The van der Waals surface area contributed by atoms with Gasteiger partial charge in [-0.1, -0.05) is 23.7 Å². The van der Waals surface area contributed by atoms with E-state index < -0.39 is 0 Å². The van der Waals surface area contributed by atoms with Gasteiger partial charge in [-0.2, -0.15) is 0 Å². The molecule has 1 fully saturated rings. The summed E-state index contributed by atoms with van der Waals surface area (Å²) >= 11 is 6.00. The minimum atomic E-state index is -0.0355. The Morgan fingerprint density at radius 1 is 1.19 bits per heavy atom. The number of benzene rings is 2. The third-order valence-electron chi connectivity index (χ3n) is 4.74. The van der Waals surface area contributed by atoms with E-state index in [4.69, 9.17) is 11.6 Å². The predicted molar refractivity (Wildman–Crippen MR) is 105 cm³/mol. The Labute approximate surface area is 157 Å². The number of nitrogens with zero attached hydrogens (tertiary/aromatic N) is 2. The van der Waals surface area contributed by atoms with Crippen molar-refractivity contribution in [3.63, 3.8) is 0 Å². The normalized spacial score (nSPS) is 14.1. The lowest BCUT2D eigenvalue weighted by Crippen LogP contribution is -2.29. The van der Waals surface area contributed by atoms with Crippen LogP contribution >= 0.6 is 11.6 Å². The van der Waals surface area contributed by atoms with Gasteiger partial charge >= 0.3 is 0 Å². The molecular formula is C20H21ClN4O. The summed E-state index contributed by atoms with van der Waals surface area (Å²) in [5.41, 5.74) is 3.57. The van der Waals surface area contributed by atoms with Crippen molar-refractivity contribution in [1.82, 2.24) is 15.3 Å². The van der Waals surface area contributed by atoms with Crippen molar-refractivity contribution < 1.29 is 4.79 Å². The summed E-state index contributed by atoms with van der Waals surface area (Å²) in [6.07, 6.45) is 3.02. The van der Waals surface area contributed by atoms with Crippen molar-refractivity contribution in [3.8, 4) is 0 Å². The van der Waals surface area contributed by atoms with Crippen LogP contribution in [0.15, 0.2) is 42.5 Å². The van der Waals surface area contributed by atoms with E-state index in [1.165, 1.54) is 12.8 Å². The Morgan fingerprint density at radius 3 is 2.85 bits per heavy atom. The Hall–Kier alpha value is -2.53. The number of halogens is 1. The molecule has 0 atom stereocenters. The van der Waals surface area contributed by atoms with Gasteiger partial charge in [0, 0.05) is 36.8 Å². The summed E-state index contributed by atoms with van der Waals surface area (Å²) in [5.74, 6) is 0.807. The number of aromatic amines is 1. The smallest absolute Gasteiger partial charge is 0.253 e. The second kappa shape index (κ2) is 7.38. The second-order valence-corrected chi connectivity index (χ2v) is 7.00. The minimum absolute atomic E-state index is 0.0355. The monoisotopic (exact) mass is 368 g/mol. The number of carbonyl (C=O) groups is 1. The highest BCUT2D eigenvalue weighted by molar-refractivity contribution is 6.31. The lowest BCUT2D eigenvalue weighted by atomic mass is 10.1. The summed E-state index contributed by atoms with van der Waals surface area (Å²) in [6, 6.07) is 13.4. The van der Waals surface area contributed by atoms with Crippen molar-refractivity contribution in [3.05, 3.63) is 58.9 Å². The maximum absolute atomic E-state index is 12.6. The van der Waals surface area contributed by atoms with Crippen LogP contribution in [0, 0.1) is 0 Å². The molecule has 5 nitrogen and oxygen atoms in total. The zero-order valence-corrected chi connectivity index (χ0v) is 15.2. The summed E-state index contributed by atoms with van der Waals surface area (Å²) < 4.78 is 0. The van der Waals surface area contributed by atoms with Gasteiger partial charge in [-0.05, 0) is 43.2 Å². The molecule has 0 bridgehead atoms. The van der Waals surface area contributed by atoms with Crippen molar-refractivity contribution in [2.45, 2.75) is 19.3 Å². The van der Waals surface area contributed by atoms with Gasteiger partial charge in [0.2, 0.25) is 0 Å². The second-order valence-electron chi connectivity index (χ2n) is 6.56. The molecule has 1 aliphatic rings. The molecule has 0 radical (unpaired) electrons. The van der Waals surface area contributed by atoms with E-state index in [0.717, 1.165) is 41.2 Å². The van der Waals surface area contributed by atoms with Crippen molar-refractivity contribution in [2.75, 3.05) is 24.5 Å². The first-order chi connectivity index (χ1) is 12.7. The fraction of sp³-hybridized carbons (Fsp3) is 0.300. The first-order valence-corrected chi connectivity index (χ1v) is 9.35. The summed E-state index contributed by atoms with van der Waals surface area (Å²) in [6.45, 7) is 2.57. The molecule has 6 heteroatoms. The van der Waals surface area contributed by atoms with Crippen LogP contribution in [0.25, 0.3) is 11.0 Å². The molecule has 1 aliphatic heterocycles. The number of nitrogens with one attached hydrogen (secondary N) is 2. The van der Waals surface area contributed by atoms with E-state index >= 15 is 0 Å². The number of anilines is 1. The number of fused-ring (bicyclic) bond motifs is 1. The van der Waals surface area contributed by atoms with Crippen molar-refractivity contribution in [2.24, 2.45) is 0 Å². The average molecular weight is 369 g/mol. The fourth-order valence-electron chi connectivity index (χ4n) is 3.44. The summed E-state index contributed by atoms with van der Waals surface area (Å²) in [5, 5.41) is 3.70. The van der Waals surface area contributed by atoms with Crippen molar-refractivity contribution >= 4 is 34.2 Å². The molecule has 2 heterocycles. The number of hydrogen-bond donors (Lipinski definition) is 2. The van der Waals surface area contributed by atoms with Crippen molar-refractivity contribution in [1.29, 1.82) is 0 Å². The van der Waals surface area contributed by atoms with Crippen LogP contribution in [0.1, 0.15) is 29.0 Å².